The number of nitrogens with two attached hydrogens (primary N) is 2. The number of benzene rings is 5. The molecule has 17 rings (SSSR count). The molecule has 21 nitrogen and oxygen atoms in total. The van der Waals surface area contributed by atoms with Crippen LogP contribution in [0.3, 0.4) is 0 Å². The summed E-state index contributed by atoms with van der Waals surface area (Å²) in [5, 5.41) is 34.6. The van der Waals surface area contributed by atoms with Crippen LogP contribution < -0.4 is 22.1 Å². The highest BCUT2D eigenvalue weighted by atomic mass is 79.9. The fourth-order valence-corrected chi connectivity index (χ4v) is 10.5. The first-order valence-electron chi connectivity index (χ1n) is 31.4. The molecule has 0 bridgehead atoms. The molecule has 488 valence electrons. The first-order valence-corrected chi connectivity index (χ1v) is 33.0. The van der Waals surface area contributed by atoms with E-state index in [0.717, 1.165) is 84.7 Å². The monoisotopic (exact) mass is 1430 g/mol. The minimum atomic E-state index is -0.0420. The van der Waals surface area contributed by atoms with E-state index in [1.165, 1.54) is 92.6 Å². The van der Waals surface area contributed by atoms with E-state index in [0.29, 0.717) is 51.0 Å². The molecule has 13 aromatic rings. The minimum Gasteiger partial charge on any atom is -0.444 e. The summed E-state index contributed by atoms with van der Waals surface area (Å²) < 4.78 is 28.3. The molecule has 4 saturated carbocycles. The maximum absolute atomic E-state index is 8.74. The predicted octanol–water partition coefficient (Wildman–Crippen LogP) is 18.5. The van der Waals surface area contributed by atoms with E-state index in [1.807, 2.05) is 36.4 Å². The van der Waals surface area contributed by atoms with Gasteiger partial charge >= 0.3 is 0 Å². The molecule has 0 saturated heterocycles. The molecule has 4 fully saturated rings. The van der Waals surface area contributed by atoms with Crippen LogP contribution in [0.1, 0.15) is 114 Å². The number of anilines is 5. The Balaban J connectivity index is 0.000000116. The Morgan fingerprint density at radius 3 is 1.13 bits per heavy atom. The third kappa shape index (κ3) is 19.0. The van der Waals surface area contributed by atoms with Gasteiger partial charge in [-0.15, -0.1) is 0 Å². The lowest BCUT2D eigenvalue weighted by Crippen LogP contribution is -2.14. The van der Waals surface area contributed by atoms with Crippen molar-refractivity contribution in [3.63, 3.8) is 0 Å². The number of nitrogens with zero attached hydrogens (tertiary/aromatic N) is 11. The van der Waals surface area contributed by atoms with Crippen molar-refractivity contribution >= 4 is 66.8 Å². The first kappa shape index (κ1) is 66.2. The van der Waals surface area contributed by atoms with Crippen molar-refractivity contribution in [1.82, 2.24) is 39.9 Å². The number of nitrogens with one attached hydrogen (secondary N) is 2. The Labute approximate surface area is 580 Å². The van der Waals surface area contributed by atoms with E-state index < -0.39 is 0 Å². The number of halogens is 2. The first-order chi connectivity index (χ1) is 48.0. The van der Waals surface area contributed by atoms with Crippen molar-refractivity contribution in [2.75, 3.05) is 16.4 Å². The van der Waals surface area contributed by atoms with Gasteiger partial charge in [-0.3, -0.25) is 4.98 Å². The van der Waals surface area contributed by atoms with Gasteiger partial charge in [-0.2, -0.15) is 10.5 Å². The van der Waals surface area contributed by atoms with Gasteiger partial charge in [-0.25, -0.2) is 34.9 Å². The highest BCUT2D eigenvalue weighted by Crippen LogP contribution is 2.43. The summed E-state index contributed by atoms with van der Waals surface area (Å²) in [7, 11) is 0. The summed E-state index contributed by atoms with van der Waals surface area (Å²) in [6.45, 7) is 0. The van der Waals surface area contributed by atoms with E-state index >= 15 is 0 Å². The van der Waals surface area contributed by atoms with Crippen LogP contribution in [-0.2, 0) is 0 Å². The number of pyridine rings is 3. The zero-order chi connectivity index (χ0) is 67.6. The number of rotatable bonds is 14. The molecule has 4 aliphatic carbocycles. The van der Waals surface area contributed by atoms with Crippen molar-refractivity contribution in [3.8, 4) is 68.8 Å². The van der Waals surface area contributed by atoms with Gasteiger partial charge in [0.05, 0.1) is 66.6 Å². The maximum atomic E-state index is 8.74. The molecule has 5 aromatic carbocycles. The lowest BCUT2D eigenvalue weighted by molar-refractivity contribution is 0.318. The Morgan fingerprint density at radius 2 is 0.806 bits per heavy atom. The number of amidine groups is 1. The highest BCUT2D eigenvalue weighted by Gasteiger charge is 2.26. The van der Waals surface area contributed by atoms with Crippen LogP contribution in [0.4, 0.5) is 29.1 Å². The van der Waals surface area contributed by atoms with Crippen LogP contribution in [0.5, 0.6) is 0 Å². The van der Waals surface area contributed by atoms with Gasteiger partial charge in [0.1, 0.15) is 29.2 Å². The van der Waals surface area contributed by atoms with Crippen molar-refractivity contribution in [2.24, 2.45) is 10.9 Å². The number of nitrogen functional groups attached to an aromatic ring is 1. The minimum absolute atomic E-state index is 0.0420. The number of hydrogen-bond donors (Lipinski definition) is 5. The molecule has 0 atom stereocenters. The molecule has 0 radical (unpaired) electrons. The molecule has 8 heterocycles. The predicted molar refractivity (Wildman–Crippen MR) is 379 cm³/mol. The standard InChI is InChI=1S/C18H17N5O2.C18H14N4O.C12H10BrNO.C12H11NO.C9H6BrNO.C6H5N3/c19-17(23-24)15-8-7-14(9-20-15)22-18-21-10-16(25-18)13-5-3-12(4-6-13)11-1-2-11;19-9-15-7-8-16(10-20-15)22-18-21-11-17(23-18)14-5-3-13(4-6-14)12-1-2-12;13-12-14-7-11(15-12)10-5-3-9(4-6-10)8-1-2-8;1-2-9(1)10-3-5-11(6-4-10)12-7-13-8-14-12;10-8-3-1-7(2-4-8)9-5-11-6-12-9;7-3-6-2-1-5(8)4-9-6/h3-11,24H,1-2H2,(H2,19,23)(H,21,22);3-8,10-12H,1-2H2,(H,21,22);3-8H,1-2H2;3-9H,1-2H2;1-6H;1-2,4H,8H2. The Bertz CT molecular complexity index is 4750. The molecule has 8 aromatic heterocycles. The lowest BCUT2D eigenvalue weighted by Gasteiger charge is -2.03. The zero-order valence-electron chi connectivity index (χ0n) is 52.6. The highest BCUT2D eigenvalue weighted by molar-refractivity contribution is 9.10. The molecule has 7 N–H and O–H groups in total. The van der Waals surface area contributed by atoms with Crippen molar-refractivity contribution in [2.45, 2.75) is 75.0 Å². The second-order valence-electron chi connectivity index (χ2n) is 23.2. The molecule has 0 unspecified atom stereocenters. The number of oxazole rings is 5. The largest absolute Gasteiger partial charge is 0.444 e. The van der Waals surface area contributed by atoms with E-state index in [1.54, 1.807) is 79.8 Å². The number of aromatic nitrogens is 8. The van der Waals surface area contributed by atoms with Gasteiger partial charge in [0.15, 0.2) is 47.4 Å². The van der Waals surface area contributed by atoms with Crippen LogP contribution in [0.15, 0.2) is 257 Å². The fourth-order valence-electron chi connectivity index (χ4n) is 9.92. The van der Waals surface area contributed by atoms with Crippen LogP contribution >= 0.6 is 31.9 Å². The topological polar surface area (TPSA) is 325 Å². The molecular weight excluding hydrogens is 1370 g/mol. The van der Waals surface area contributed by atoms with Crippen molar-refractivity contribution in [1.29, 1.82) is 10.5 Å². The number of oxime groups is 1. The molecular formula is C75H63Br2N15O6. The quantitative estimate of drug-likeness (QED) is 0.0292. The SMILES string of the molecule is Brc1ccc(-c2cnco2)cc1.Brc1ncc(-c2ccc(C3CC3)cc2)o1.N#Cc1ccc(N)cn1.N#Cc1ccc(Nc2ncc(-c3ccc(C4CC4)cc3)o2)cn1.N/C(=N\O)c1ccc(Nc2ncc(-c3ccc(C4CC4)cc3)o2)cn1.c1ncc(-c2ccc(C3CC3)cc2)o1. The van der Waals surface area contributed by atoms with Crippen LogP contribution in [-0.4, -0.2) is 50.9 Å². The molecule has 4 aliphatic rings. The van der Waals surface area contributed by atoms with Crippen LogP contribution in [0.2, 0.25) is 0 Å². The Hall–Kier alpha value is -11.8. The summed E-state index contributed by atoms with van der Waals surface area (Å²) in [6.07, 6.45) is 26.6. The average molecular weight is 1430 g/mol. The lowest BCUT2D eigenvalue weighted by atomic mass is 10.1. The van der Waals surface area contributed by atoms with Gasteiger partial charge in [0, 0.05) is 48.2 Å². The van der Waals surface area contributed by atoms with Crippen molar-refractivity contribution in [3.05, 3.63) is 269 Å². The molecule has 0 spiro atoms. The van der Waals surface area contributed by atoms with Crippen LogP contribution in [0, 0.1) is 22.7 Å². The van der Waals surface area contributed by atoms with Crippen LogP contribution in [0.25, 0.3) is 56.6 Å². The summed E-state index contributed by atoms with van der Waals surface area (Å²) >= 11 is 6.56. The number of nitriles is 2. The average Bonchev–Trinajstić information content (AvgIpc) is 1.77. The summed E-state index contributed by atoms with van der Waals surface area (Å²) in [5.74, 6) is 6.93. The summed E-state index contributed by atoms with van der Waals surface area (Å²) in [4.78, 5) is 32.6. The second kappa shape index (κ2) is 32.1. The maximum Gasteiger partial charge on any atom is 0.299 e. The van der Waals surface area contributed by atoms with E-state index in [4.69, 9.17) is 49.3 Å². The number of hydrogen-bond acceptors (Lipinski definition) is 20. The molecule has 23 heteroatoms. The Kier molecular flexibility index (Phi) is 21.7. The van der Waals surface area contributed by atoms with E-state index in [9.17, 15) is 0 Å². The third-order valence-corrected chi connectivity index (χ3v) is 16.8. The summed E-state index contributed by atoms with van der Waals surface area (Å²) in [5.41, 5.74) is 24.8. The van der Waals surface area contributed by atoms with Gasteiger partial charge < -0.3 is 49.4 Å². The van der Waals surface area contributed by atoms with E-state index in [2.05, 4.69) is 185 Å². The molecule has 0 amide bonds. The van der Waals surface area contributed by atoms with Gasteiger partial charge in [0.25, 0.3) is 16.8 Å². The third-order valence-electron chi connectivity index (χ3n) is 15.9. The normalized spacial score (nSPS) is 13.5. The Morgan fingerprint density at radius 1 is 0.429 bits per heavy atom. The fraction of sp³-hybridized carbons (Fsp3) is 0.160. The smallest absolute Gasteiger partial charge is 0.299 e. The second-order valence-corrected chi connectivity index (χ2v) is 24.8. The van der Waals surface area contributed by atoms with Gasteiger partial charge in [-0.1, -0.05) is 130 Å². The molecule has 98 heavy (non-hydrogen) atoms. The molecule has 0 aliphatic heterocycles. The zero-order valence-corrected chi connectivity index (χ0v) is 55.7. The van der Waals surface area contributed by atoms with E-state index in [-0.39, 0.29) is 5.84 Å². The van der Waals surface area contributed by atoms with Gasteiger partial charge in [-0.05, 0) is 146 Å². The van der Waals surface area contributed by atoms with Gasteiger partial charge in [0.2, 0.25) is 0 Å². The summed E-state index contributed by atoms with van der Waals surface area (Å²) in [6, 6.07) is 56.6. The van der Waals surface area contributed by atoms with Crippen molar-refractivity contribution < 1.29 is 27.3 Å².